The third kappa shape index (κ3) is 2.80. The highest BCUT2D eigenvalue weighted by Crippen LogP contribution is 2.28. The van der Waals surface area contributed by atoms with Crippen molar-refractivity contribution in [1.29, 1.82) is 0 Å². The van der Waals surface area contributed by atoms with E-state index in [1.807, 2.05) is 6.92 Å². The molecule has 1 aromatic carbocycles. The molecule has 110 valence electrons. The van der Waals surface area contributed by atoms with E-state index >= 15 is 0 Å². The summed E-state index contributed by atoms with van der Waals surface area (Å²) < 4.78 is 28.6. The fourth-order valence-corrected chi connectivity index (χ4v) is 5.18. The number of sulfonamides is 1. The van der Waals surface area contributed by atoms with Crippen molar-refractivity contribution in [2.45, 2.75) is 17.7 Å². The monoisotopic (exact) mass is 339 g/mol. The number of nitrogens with two attached hydrogens (primary N) is 1. The van der Waals surface area contributed by atoms with Gasteiger partial charge in [0, 0.05) is 11.4 Å². The quantitative estimate of drug-likeness (QED) is 0.765. The molecular formula is C13H13N3O2S3. The molecule has 8 heteroatoms. The Morgan fingerprint density at radius 3 is 2.86 bits per heavy atom. The molecule has 3 rings (SSSR count). The molecule has 0 saturated carbocycles. The molecule has 0 aliphatic rings. The van der Waals surface area contributed by atoms with Crippen LogP contribution in [-0.2, 0) is 16.6 Å². The maximum absolute atomic E-state index is 12.4. The van der Waals surface area contributed by atoms with Crippen molar-refractivity contribution in [3.8, 4) is 0 Å². The van der Waals surface area contributed by atoms with Crippen molar-refractivity contribution < 1.29 is 8.42 Å². The van der Waals surface area contributed by atoms with Crippen LogP contribution in [0.3, 0.4) is 0 Å². The van der Waals surface area contributed by atoms with Crippen molar-refractivity contribution in [3.63, 3.8) is 0 Å². The summed E-state index contributed by atoms with van der Waals surface area (Å²) in [5, 5.41) is 0. The van der Waals surface area contributed by atoms with Crippen molar-refractivity contribution in [3.05, 3.63) is 40.2 Å². The predicted octanol–water partition coefficient (Wildman–Crippen LogP) is 2.93. The predicted molar refractivity (Wildman–Crippen MR) is 87.4 cm³/mol. The van der Waals surface area contributed by atoms with Crippen LogP contribution in [-0.4, -0.2) is 13.4 Å². The van der Waals surface area contributed by atoms with Gasteiger partial charge in [-0.1, -0.05) is 0 Å². The smallest absolute Gasteiger partial charge is 0.271 e. The molecule has 0 bridgehead atoms. The van der Waals surface area contributed by atoms with Gasteiger partial charge in [-0.15, -0.1) is 22.7 Å². The number of hydrogen-bond acceptors (Lipinski definition) is 6. The van der Waals surface area contributed by atoms with E-state index < -0.39 is 10.0 Å². The highest BCUT2D eigenvalue weighted by molar-refractivity contribution is 7.94. The third-order valence-electron chi connectivity index (χ3n) is 3.03. The Labute approximate surface area is 130 Å². The lowest BCUT2D eigenvalue weighted by molar-refractivity contribution is 0.603. The minimum absolute atomic E-state index is 0.282. The first kappa shape index (κ1) is 14.5. The average molecular weight is 339 g/mol. The highest BCUT2D eigenvalue weighted by Gasteiger charge is 2.19. The van der Waals surface area contributed by atoms with Crippen LogP contribution in [0.5, 0.6) is 0 Å². The Bertz CT molecular complexity index is 896. The summed E-state index contributed by atoms with van der Waals surface area (Å²) in [4.78, 5) is 5.05. The van der Waals surface area contributed by atoms with Gasteiger partial charge < -0.3 is 5.73 Å². The van der Waals surface area contributed by atoms with Crippen LogP contribution in [0, 0.1) is 6.92 Å². The fraction of sp³-hybridized carbons (Fsp3) is 0.154. The molecule has 0 amide bonds. The second-order valence-corrected chi connectivity index (χ2v) is 8.45. The summed E-state index contributed by atoms with van der Waals surface area (Å²) in [7, 11) is -3.58. The number of nitrogens with one attached hydrogen (secondary N) is 1. The van der Waals surface area contributed by atoms with Gasteiger partial charge in [-0.3, -0.25) is 4.72 Å². The van der Waals surface area contributed by atoms with E-state index in [9.17, 15) is 8.42 Å². The second kappa shape index (κ2) is 5.38. The number of aryl methyl sites for hydroxylation is 1. The second-order valence-electron chi connectivity index (χ2n) is 4.52. The normalized spacial score (nSPS) is 11.9. The Kier molecular flexibility index (Phi) is 3.70. The molecule has 2 aromatic heterocycles. The lowest BCUT2D eigenvalue weighted by atomic mass is 10.3. The first-order chi connectivity index (χ1) is 9.99. The van der Waals surface area contributed by atoms with Gasteiger partial charge in [-0.2, -0.15) is 0 Å². The topological polar surface area (TPSA) is 85.1 Å². The summed E-state index contributed by atoms with van der Waals surface area (Å²) in [5.41, 5.74) is 9.63. The van der Waals surface area contributed by atoms with Crippen molar-refractivity contribution in [2.75, 3.05) is 4.72 Å². The molecule has 21 heavy (non-hydrogen) atoms. The van der Waals surface area contributed by atoms with Crippen molar-refractivity contribution in [1.82, 2.24) is 4.98 Å². The number of nitrogens with zero attached hydrogens (tertiary/aromatic N) is 1. The molecule has 3 aromatic rings. The number of fused-ring (bicyclic) bond motifs is 1. The molecule has 0 aliphatic heterocycles. The number of hydrogen-bond donors (Lipinski definition) is 2. The first-order valence-corrected chi connectivity index (χ1v) is 9.33. The zero-order valence-electron chi connectivity index (χ0n) is 11.2. The third-order valence-corrected chi connectivity index (χ3v) is 6.94. The minimum Gasteiger partial charge on any atom is -0.326 e. The molecule has 2 heterocycles. The highest BCUT2D eigenvalue weighted by atomic mass is 32.2. The SMILES string of the molecule is Cc1cc(S(=O)(=O)Nc2ccc3ncsc3c2)sc1CN. The molecule has 0 radical (unpaired) electrons. The van der Waals surface area contributed by atoms with Gasteiger partial charge in [-0.05, 0) is 36.8 Å². The number of aromatic nitrogens is 1. The zero-order chi connectivity index (χ0) is 15.0. The van der Waals surface area contributed by atoms with Gasteiger partial charge in [0.05, 0.1) is 21.4 Å². The van der Waals surface area contributed by atoms with Crippen LogP contribution in [0.25, 0.3) is 10.2 Å². The van der Waals surface area contributed by atoms with Crippen LogP contribution in [0.15, 0.2) is 34.0 Å². The lowest BCUT2D eigenvalue weighted by Gasteiger charge is -2.05. The van der Waals surface area contributed by atoms with E-state index in [2.05, 4.69) is 9.71 Å². The first-order valence-electron chi connectivity index (χ1n) is 6.15. The Hall–Kier alpha value is -1.48. The molecule has 0 saturated heterocycles. The van der Waals surface area contributed by atoms with Gasteiger partial charge in [0.25, 0.3) is 10.0 Å². The van der Waals surface area contributed by atoms with E-state index in [0.29, 0.717) is 12.2 Å². The summed E-state index contributed by atoms with van der Waals surface area (Å²) >= 11 is 2.68. The van der Waals surface area contributed by atoms with Crippen LogP contribution >= 0.6 is 22.7 Å². The number of anilines is 1. The van der Waals surface area contributed by atoms with Gasteiger partial charge in [0.2, 0.25) is 0 Å². The molecular weight excluding hydrogens is 326 g/mol. The van der Waals surface area contributed by atoms with Crippen LogP contribution in [0.1, 0.15) is 10.4 Å². The summed E-state index contributed by atoms with van der Waals surface area (Å²) in [5.74, 6) is 0. The zero-order valence-corrected chi connectivity index (χ0v) is 13.6. The van der Waals surface area contributed by atoms with Gasteiger partial charge >= 0.3 is 0 Å². The standard InChI is InChI=1S/C13H13N3O2S3/c1-8-4-13(20-12(8)6-14)21(17,18)16-9-2-3-10-11(5-9)19-7-15-10/h2-5,7,16H,6,14H2,1H3. The van der Waals surface area contributed by atoms with Crippen LogP contribution < -0.4 is 10.5 Å². The van der Waals surface area contributed by atoms with Gasteiger partial charge in [0.1, 0.15) is 4.21 Å². The molecule has 0 aliphatic carbocycles. The van der Waals surface area contributed by atoms with E-state index in [1.54, 1.807) is 29.8 Å². The molecule has 5 nitrogen and oxygen atoms in total. The minimum atomic E-state index is -3.58. The molecule has 0 atom stereocenters. The average Bonchev–Trinajstić information content (AvgIpc) is 3.04. The molecule has 3 N–H and O–H groups in total. The fourth-order valence-electron chi connectivity index (χ4n) is 1.95. The Morgan fingerprint density at radius 2 is 2.14 bits per heavy atom. The summed E-state index contributed by atoms with van der Waals surface area (Å²) in [6.45, 7) is 2.21. The summed E-state index contributed by atoms with van der Waals surface area (Å²) in [6, 6.07) is 6.95. The maximum Gasteiger partial charge on any atom is 0.271 e. The van der Waals surface area contributed by atoms with Crippen LogP contribution in [0.2, 0.25) is 0 Å². The number of thiazole rings is 1. The lowest BCUT2D eigenvalue weighted by Crippen LogP contribution is -2.11. The summed E-state index contributed by atoms with van der Waals surface area (Å²) in [6.07, 6.45) is 0. The van der Waals surface area contributed by atoms with E-state index in [0.717, 1.165) is 20.7 Å². The molecule has 0 fully saturated rings. The van der Waals surface area contributed by atoms with Gasteiger partial charge in [-0.25, -0.2) is 13.4 Å². The van der Waals surface area contributed by atoms with Crippen molar-refractivity contribution >= 4 is 48.6 Å². The van der Waals surface area contributed by atoms with E-state index in [1.165, 1.54) is 22.7 Å². The Morgan fingerprint density at radius 1 is 1.33 bits per heavy atom. The number of benzene rings is 1. The van der Waals surface area contributed by atoms with Gasteiger partial charge in [0.15, 0.2) is 0 Å². The van der Waals surface area contributed by atoms with E-state index in [4.69, 9.17) is 5.73 Å². The number of thiophene rings is 1. The Balaban J connectivity index is 1.94. The van der Waals surface area contributed by atoms with Crippen molar-refractivity contribution in [2.24, 2.45) is 5.73 Å². The largest absolute Gasteiger partial charge is 0.326 e. The molecule has 0 spiro atoms. The number of rotatable bonds is 4. The molecule has 0 unspecified atom stereocenters. The maximum atomic E-state index is 12.4. The van der Waals surface area contributed by atoms with E-state index in [-0.39, 0.29) is 4.21 Å². The van der Waals surface area contributed by atoms with Crippen LogP contribution in [0.4, 0.5) is 5.69 Å².